The highest BCUT2D eigenvalue weighted by Crippen LogP contribution is 2.38. The summed E-state index contributed by atoms with van der Waals surface area (Å²) < 4.78 is 37.0. The Labute approximate surface area is 444 Å². The van der Waals surface area contributed by atoms with Crippen LogP contribution < -0.4 is 31.9 Å². The second-order valence-electron chi connectivity index (χ2n) is 20.7. The molecule has 5 heterocycles. The molecule has 5 fully saturated rings. The van der Waals surface area contributed by atoms with Gasteiger partial charge in [0, 0.05) is 62.2 Å². The molecule has 7 atom stereocenters. The third-order valence-corrected chi connectivity index (χ3v) is 17.9. The largest absolute Gasteiger partial charge is 0.382 e. The van der Waals surface area contributed by atoms with Gasteiger partial charge in [-0.3, -0.25) is 58.9 Å². The van der Waals surface area contributed by atoms with Crippen LogP contribution in [0.4, 0.5) is 5.69 Å². The number of anilines is 1. The number of hydrogen-bond acceptors (Lipinski definition) is 16. The molecule has 6 N–H and O–H groups in total. The van der Waals surface area contributed by atoms with Crippen LogP contribution in [0.15, 0.2) is 42.5 Å². The van der Waals surface area contributed by atoms with E-state index < -0.39 is 45.6 Å². The minimum Gasteiger partial charge on any atom is -0.382 e. The highest BCUT2D eigenvalue weighted by molar-refractivity contribution is 8.00. The number of sulfonamides is 1. The first-order chi connectivity index (χ1) is 36.0. The summed E-state index contributed by atoms with van der Waals surface area (Å²) in [5.41, 5.74) is 2.92. The Bertz CT molecular complexity index is 2530. The number of carbonyl (C=O) groups is 7. The van der Waals surface area contributed by atoms with E-state index in [1.807, 2.05) is 0 Å². The lowest BCUT2D eigenvalue weighted by atomic mass is 9.85. The number of fused-ring (bicyclic) bond motifs is 1. The lowest BCUT2D eigenvalue weighted by Gasteiger charge is -2.47. The van der Waals surface area contributed by atoms with Crippen LogP contribution in [0.25, 0.3) is 0 Å². The predicted molar refractivity (Wildman–Crippen MR) is 282 cm³/mol. The van der Waals surface area contributed by atoms with Crippen molar-refractivity contribution in [1.29, 1.82) is 0 Å². The molecule has 6 aliphatic rings. The SMILES string of the molecule is CC1CC(C(=O)NCC(=O)NC2NC(c3cccc(C4CCN(C5CCCCCC5)C(N(C)CC(=O)NCCOCCOCCNc5cccc6c5C(=O)N(C5CCC(=O)NC5=O)C6=O)C4)c3)CS2)CN1S(C)(=O)=O. The maximum atomic E-state index is 13.4. The maximum Gasteiger partial charge on any atom is 0.264 e. The Kier molecular flexibility index (Phi) is 19.4. The minimum atomic E-state index is -3.42. The highest BCUT2D eigenvalue weighted by Gasteiger charge is 2.46. The number of likely N-dealkylation sites (N-methyl/N-ethyl adjacent to an activating group) is 1. The van der Waals surface area contributed by atoms with Crippen molar-refractivity contribution in [3.8, 4) is 0 Å². The Hall–Kier alpha value is -5.01. The molecule has 75 heavy (non-hydrogen) atoms. The molecule has 2 aromatic carbocycles. The predicted octanol–water partition coefficient (Wildman–Crippen LogP) is 2.07. The van der Waals surface area contributed by atoms with Gasteiger partial charge in [0.1, 0.15) is 11.5 Å². The molecule has 0 aromatic heterocycles. The van der Waals surface area contributed by atoms with Gasteiger partial charge in [0.15, 0.2) is 0 Å². The third-order valence-electron chi connectivity index (χ3n) is 15.4. The van der Waals surface area contributed by atoms with Crippen molar-refractivity contribution >= 4 is 68.8 Å². The molecule has 21 nitrogen and oxygen atoms in total. The average molecular weight is 1080 g/mol. The van der Waals surface area contributed by atoms with Crippen LogP contribution >= 0.6 is 11.8 Å². The van der Waals surface area contributed by atoms with Crippen molar-refractivity contribution in [1.82, 2.24) is 45.6 Å². The van der Waals surface area contributed by atoms with E-state index in [1.54, 1.807) is 36.9 Å². The molecule has 410 valence electrons. The molecule has 1 saturated carbocycles. The van der Waals surface area contributed by atoms with Gasteiger partial charge in [-0.25, -0.2) is 8.42 Å². The second kappa shape index (κ2) is 25.9. The van der Waals surface area contributed by atoms with Crippen LogP contribution in [-0.4, -0.2) is 183 Å². The molecule has 5 aliphatic heterocycles. The number of amides is 7. The Morgan fingerprint density at radius 1 is 0.853 bits per heavy atom. The summed E-state index contributed by atoms with van der Waals surface area (Å²) >= 11 is 1.60. The Balaban J connectivity index is 0.747. The molecule has 0 radical (unpaired) electrons. The molecule has 7 unspecified atom stereocenters. The number of benzene rings is 2. The molecule has 2 aromatic rings. The maximum absolute atomic E-state index is 13.4. The fraction of sp³-hybridized carbons (Fsp3) is 0.635. The number of hydrogen-bond donors (Lipinski definition) is 6. The average Bonchev–Trinajstić information content (AvgIpc) is 4.01. The lowest BCUT2D eigenvalue weighted by Crippen LogP contribution is -2.56. The van der Waals surface area contributed by atoms with Crippen molar-refractivity contribution in [2.75, 3.05) is 90.1 Å². The summed E-state index contributed by atoms with van der Waals surface area (Å²) in [5, 5.41) is 17.6. The van der Waals surface area contributed by atoms with E-state index in [9.17, 15) is 42.0 Å². The fourth-order valence-corrected chi connectivity index (χ4v) is 13.9. The van der Waals surface area contributed by atoms with Crippen molar-refractivity contribution in [2.45, 2.75) is 119 Å². The molecule has 0 bridgehead atoms. The van der Waals surface area contributed by atoms with Gasteiger partial charge in [0.2, 0.25) is 39.6 Å². The van der Waals surface area contributed by atoms with Gasteiger partial charge in [0.05, 0.1) is 69.0 Å². The van der Waals surface area contributed by atoms with Crippen LogP contribution in [0.1, 0.15) is 121 Å². The van der Waals surface area contributed by atoms with Crippen LogP contribution in [0, 0.1) is 5.92 Å². The minimum absolute atomic E-state index is 0.0123. The van der Waals surface area contributed by atoms with Gasteiger partial charge >= 0.3 is 0 Å². The number of imide groups is 2. The first kappa shape index (κ1) is 56.2. The van der Waals surface area contributed by atoms with E-state index in [0.717, 1.165) is 54.7 Å². The summed E-state index contributed by atoms with van der Waals surface area (Å²) in [7, 11) is -1.36. The Morgan fingerprint density at radius 3 is 2.32 bits per heavy atom. The topological polar surface area (TPSA) is 257 Å². The first-order valence-corrected chi connectivity index (χ1v) is 29.4. The van der Waals surface area contributed by atoms with E-state index in [1.165, 1.54) is 35.6 Å². The summed E-state index contributed by atoms with van der Waals surface area (Å²) in [5.74, 6) is -2.40. The van der Waals surface area contributed by atoms with Gasteiger partial charge in [-0.2, -0.15) is 4.31 Å². The van der Waals surface area contributed by atoms with E-state index in [0.29, 0.717) is 63.6 Å². The smallest absolute Gasteiger partial charge is 0.264 e. The monoisotopic (exact) mass is 1080 g/mol. The molecule has 1 aliphatic carbocycles. The molecule has 4 saturated heterocycles. The van der Waals surface area contributed by atoms with Crippen molar-refractivity contribution in [2.24, 2.45) is 5.92 Å². The van der Waals surface area contributed by atoms with E-state index in [4.69, 9.17) is 9.47 Å². The normalized spacial score (nSPS) is 26.0. The fourth-order valence-electron chi connectivity index (χ4n) is 11.5. The zero-order valence-corrected chi connectivity index (χ0v) is 44.9. The summed E-state index contributed by atoms with van der Waals surface area (Å²) in [6.45, 7) is 4.83. The summed E-state index contributed by atoms with van der Waals surface area (Å²) in [4.78, 5) is 95.5. The molecule has 7 amide bonds. The van der Waals surface area contributed by atoms with E-state index in [-0.39, 0.29) is 85.1 Å². The number of carbonyl (C=O) groups excluding carboxylic acids is 7. The van der Waals surface area contributed by atoms with Gasteiger partial charge in [0.25, 0.3) is 11.8 Å². The van der Waals surface area contributed by atoms with Crippen LogP contribution in [0.5, 0.6) is 0 Å². The van der Waals surface area contributed by atoms with Crippen LogP contribution in [-0.2, 0) is 43.5 Å². The van der Waals surface area contributed by atoms with Gasteiger partial charge in [-0.1, -0.05) is 56.0 Å². The zero-order chi connectivity index (χ0) is 53.2. The van der Waals surface area contributed by atoms with E-state index in [2.05, 4.69) is 73.0 Å². The summed E-state index contributed by atoms with van der Waals surface area (Å²) in [6.07, 6.45) is 11.0. The number of thioether (sulfide) groups is 1. The van der Waals surface area contributed by atoms with Crippen LogP contribution in [0.2, 0.25) is 0 Å². The Morgan fingerprint density at radius 2 is 1.59 bits per heavy atom. The van der Waals surface area contributed by atoms with Gasteiger partial charge in [-0.05, 0) is 81.7 Å². The molecular weight excluding hydrogens is 1000 g/mol. The van der Waals surface area contributed by atoms with E-state index >= 15 is 0 Å². The van der Waals surface area contributed by atoms with Crippen LogP contribution in [0.3, 0.4) is 0 Å². The van der Waals surface area contributed by atoms with Crippen molar-refractivity contribution in [3.63, 3.8) is 0 Å². The number of nitrogens with one attached hydrogen (secondary N) is 6. The standard InChI is InChI=1S/C52H74N10O11S2/c1-33-26-37(30-61(33)75(3,70)71)48(66)55-29-44(64)58-52-56-41(32-74-52)36-11-8-10-34(27-36)35-18-21-60(38-12-6-4-5-7-13-38)46(28-35)59(2)31-45(65)54-20-23-73-25-24-72-22-19-53-40-15-9-14-39-47(40)51(69)62(50(39)68)42-16-17-43(63)57-49(42)67/h8-11,14-15,27,33,35,37-38,41-42,46,52-53,56H,4-7,12-13,16-26,28-32H2,1-3H3,(H,54,65)(H,55,66)(H,58,64)(H,57,63,67). The second-order valence-corrected chi connectivity index (χ2v) is 23.8. The quantitative estimate of drug-likeness (QED) is 0.0561. The molecule has 8 rings (SSSR count). The number of nitrogens with zero attached hydrogens (tertiary/aromatic N) is 4. The number of piperidine rings is 2. The summed E-state index contributed by atoms with van der Waals surface area (Å²) in [6, 6.07) is 12.8. The molecule has 0 spiro atoms. The molecule has 23 heteroatoms. The third kappa shape index (κ3) is 14.3. The lowest BCUT2D eigenvalue weighted by molar-refractivity contribution is -0.136. The number of ether oxygens (including phenoxy) is 2. The number of rotatable bonds is 22. The highest BCUT2D eigenvalue weighted by atomic mass is 32.2. The van der Waals surface area contributed by atoms with Gasteiger partial charge < -0.3 is 30.7 Å². The molecular formula is C52H74N10O11S2. The zero-order valence-electron chi connectivity index (χ0n) is 43.3. The number of likely N-dealkylation sites (tertiary alicyclic amines) is 1. The van der Waals surface area contributed by atoms with Crippen molar-refractivity contribution in [3.05, 3.63) is 64.7 Å². The van der Waals surface area contributed by atoms with Gasteiger partial charge in [-0.15, -0.1) is 11.8 Å². The first-order valence-electron chi connectivity index (χ1n) is 26.5. The van der Waals surface area contributed by atoms with Crippen molar-refractivity contribution < 1.29 is 51.5 Å².